The molecule has 108 valence electrons. The molecule has 3 aromatic rings. The van der Waals surface area contributed by atoms with Gasteiger partial charge in [-0.05, 0) is 18.2 Å². The van der Waals surface area contributed by atoms with Gasteiger partial charge < -0.3 is 5.73 Å². The van der Waals surface area contributed by atoms with Gasteiger partial charge in [-0.25, -0.2) is 9.97 Å². The highest BCUT2D eigenvalue weighted by atomic mass is 35.5. The minimum atomic E-state index is -2.52. The Morgan fingerprint density at radius 3 is 2.81 bits per heavy atom. The molecule has 2 heterocycles. The van der Waals surface area contributed by atoms with Crippen molar-refractivity contribution < 1.29 is 8.78 Å². The summed E-state index contributed by atoms with van der Waals surface area (Å²) in [6.07, 6.45) is 1.46. The summed E-state index contributed by atoms with van der Waals surface area (Å²) in [6.45, 7) is 0. The molecule has 0 amide bonds. The summed E-state index contributed by atoms with van der Waals surface area (Å²) >= 11 is 6.32. The maximum absolute atomic E-state index is 12.7. The van der Waals surface area contributed by atoms with Crippen LogP contribution in [-0.2, 0) is 0 Å². The van der Waals surface area contributed by atoms with Crippen molar-refractivity contribution in [2.45, 2.75) is 10.7 Å². The predicted octanol–water partition coefficient (Wildman–Crippen LogP) is 3.97. The van der Waals surface area contributed by atoms with Crippen molar-refractivity contribution in [2.75, 3.05) is 5.73 Å². The molecular weight excluding hydrogens is 318 g/mol. The first kappa shape index (κ1) is 14.1. The SMILES string of the molecule is Nc1nc2cc(Cl)cnc2n1-c1ccccc1SC(F)F. The largest absolute Gasteiger partial charge is 0.369 e. The van der Waals surface area contributed by atoms with Crippen molar-refractivity contribution in [2.24, 2.45) is 0 Å². The van der Waals surface area contributed by atoms with E-state index in [1.807, 2.05) is 0 Å². The van der Waals surface area contributed by atoms with E-state index < -0.39 is 5.76 Å². The summed E-state index contributed by atoms with van der Waals surface area (Å²) in [6, 6.07) is 8.35. The summed E-state index contributed by atoms with van der Waals surface area (Å²) in [5.41, 5.74) is 7.40. The summed E-state index contributed by atoms with van der Waals surface area (Å²) < 4.78 is 26.9. The minimum Gasteiger partial charge on any atom is -0.369 e. The zero-order chi connectivity index (χ0) is 15.0. The summed E-state index contributed by atoms with van der Waals surface area (Å²) in [5, 5.41) is 0.433. The molecule has 0 aliphatic carbocycles. The van der Waals surface area contributed by atoms with Crippen LogP contribution < -0.4 is 5.73 Å². The molecule has 0 fully saturated rings. The van der Waals surface area contributed by atoms with Crippen LogP contribution in [0.3, 0.4) is 0 Å². The maximum Gasteiger partial charge on any atom is 0.288 e. The third kappa shape index (κ3) is 2.66. The molecule has 0 saturated heterocycles. The Morgan fingerprint density at radius 1 is 1.29 bits per heavy atom. The van der Waals surface area contributed by atoms with Gasteiger partial charge >= 0.3 is 0 Å². The molecular formula is C13H9ClF2N4S. The Hall–Kier alpha value is -1.86. The smallest absolute Gasteiger partial charge is 0.288 e. The number of alkyl halides is 2. The number of fused-ring (bicyclic) bond motifs is 1. The highest BCUT2D eigenvalue weighted by Crippen LogP contribution is 2.33. The molecule has 0 radical (unpaired) electrons. The van der Waals surface area contributed by atoms with Crippen LogP contribution in [0.5, 0.6) is 0 Å². The van der Waals surface area contributed by atoms with Crippen LogP contribution in [0.4, 0.5) is 14.7 Å². The van der Waals surface area contributed by atoms with E-state index in [0.29, 0.717) is 38.5 Å². The van der Waals surface area contributed by atoms with Gasteiger partial charge in [-0.3, -0.25) is 4.57 Å². The lowest BCUT2D eigenvalue weighted by Gasteiger charge is -2.11. The van der Waals surface area contributed by atoms with Crippen molar-refractivity contribution in [3.63, 3.8) is 0 Å². The van der Waals surface area contributed by atoms with Crippen LogP contribution in [0.2, 0.25) is 5.02 Å². The number of aromatic nitrogens is 3. The number of rotatable bonds is 3. The number of halogens is 3. The van der Waals surface area contributed by atoms with Crippen LogP contribution in [0.25, 0.3) is 16.9 Å². The molecule has 0 aliphatic rings. The van der Waals surface area contributed by atoms with E-state index in [1.54, 1.807) is 30.3 Å². The number of nitrogens with zero attached hydrogens (tertiary/aromatic N) is 3. The topological polar surface area (TPSA) is 56.7 Å². The van der Waals surface area contributed by atoms with Gasteiger partial charge in [0.25, 0.3) is 5.76 Å². The Kier molecular flexibility index (Phi) is 3.69. The quantitative estimate of drug-likeness (QED) is 0.740. The van der Waals surface area contributed by atoms with Gasteiger partial charge in [0.15, 0.2) is 5.65 Å². The van der Waals surface area contributed by atoms with Crippen LogP contribution in [-0.4, -0.2) is 20.3 Å². The molecule has 1 aromatic carbocycles. The number of hydrogen-bond donors (Lipinski definition) is 1. The van der Waals surface area contributed by atoms with Crippen LogP contribution in [0, 0.1) is 0 Å². The van der Waals surface area contributed by atoms with Crippen molar-refractivity contribution >= 4 is 40.5 Å². The van der Waals surface area contributed by atoms with Crippen molar-refractivity contribution in [1.82, 2.24) is 14.5 Å². The Morgan fingerprint density at radius 2 is 2.05 bits per heavy atom. The summed E-state index contributed by atoms with van der Waals surface area (Å²) in [5.74, 6) is -2.35. The lowest BCUT2D eigenvalue weighted by molar-refractivity contribution is 0.252. The van der Waals surface area contributed by atoms with Gasteiger partial charge in [0.05, 0.1) is 10.7 Å². The molecule has 21 heavy (non-hydrogen) atoms. The number of hydrogen-bond acceptors (Lipinski definition) is 4. The van der Waals surface area contributed by atoms with Crippen molar-refractivity contribution in [1.29, 1.82) is 0 Å². The third-order valence-electron chi connectivity index (χ3n) is 2.81. The zero-order valence-electron chi connectivity index (χ0n) is 10.5. The summed E-state index contributed by atoms with van der Waals surface area (Å²) in [4.78, 5) is 8.76. The lowest BCUT2D eigenvalue weighted by atomic mass is 10.3. The van der Waals surface area contributed by atoms with Gasteiger partial charge in [0.1, 0.15) is 5.52 Å². The number of benzene rings is 1. The van der Waals surface area contributed by atoms with Crippen molar-refractivity contribution in [3.05, 3.63) is 41.6 Å². The maximum atomic E-state index is 12.7. The van der Waals surface area contributed by atoms with Gasteiger partial charge in [-0.1, -0.05) is 35.5 Å². The number of thioether (sulfide) groups is 1. The van der Waals surface area contributed by atoms with Gasteiger partial charge in [0.2, 0.25) is 5.95 Å². The molecule has 2 N–H and O–H groups in total. The average molecular weight is 327 g/mol. The number of nitrogen functional groups attached to an aromatic ring is 1. The fraction of sp³-hybridized carbons (Fsp3) is 0.0769. The van der Waals surface area contributed by atoms with E-state index in [9.17, 15) is 8.78 Å². The second-order valence-corrected chi connectivity index (χ2v) is 5.62. The number of pyridine rings is 1. The fourth-order valence-corrected chi connectivity index (χ4v) is 2.81. The van der Waals surface area contributed by atoms with Crippen LogP contribution in [0.1, 0.15) is 0 Å². The monoisotopic (exact) mass is 326 g/mol. The molecule has 8 heteroatoms. The van der Waals surface area contributed by atoms with E-state index in [2.05, 4.69) is 9.97 Å². The second kappa shape index (κ2) is 5.50. The lowest BCUT2D eigenvalue weighted by Crippen LogP contribution is -2.03. The van der Waals surface area contributed by atoms with Crippen LogP contribution in [0.15, 0.2) is 41.4 Å². The first-order chi connectivity index (χ1) is 10.1. The van der Waals surface area contributed by atoms with E-state index in [1.165, 1.54) is 10.8 Å². The molecule has 0 bridgehead atoms. The van der Waals surface area contributed by atoms with Gasteiger partial charge in [-0.15, -0.1) is 0 Å². The second-order valence-electron chi connectivity index (χ2n) is 4.15. The first-order valence-corrected chi connectivity index (χ1v) is 7.15. The Bertz CT molecular complexity index is 806. The molecule has 0 aliphatic heterocycles. The van der Waals surface area contributed by atoms with E-state index in [0.717, 1.165) is 0 Å². The predicted molar refractivity (Wildman–Crippen MR) is 80.1 cm³/mol. The third-order valence-corrected chi connectivity index (χ3v) is 3.80. The average Bonchev–Trinajstić information content (AvgIpc) is 2.74. The van der Waals surface area contributed by atoms with Gasteiger partial charge in [-0.2, -0.15) is 8.78 Å². The van der Waals surface area contributed by atoms with E-state index in [4.69, 9.17) is 17.3 Å². The van der Waals surface area contributed by atoms with E-state index >= 15 is 0 Å². The number of anilines is 1. The summed E-state index contributed by atoms with van der Waals surface area (Å²) in [7, 11) is 0. The Labute approximate surface area is 127 Å². The number of imidazole rings is 1. The molecule has 0 unspecified atom stereocenters. The number of para-hydroxylation sites is 1. The minimum absolute atomic E-state index is 0.169. The molecule has 2 aromatic heterocycles. The van der Waals surface area contributed by atoms with Gasteiger partial charge in [0, 0.05) is 11.1 Å². The molecule has 0 spiro atoms. The zero-order valence-corrected chi connectivity index (χ0v) is 12.1. The normalized spacial score (nSPS) is 11.4. The highest BCUT2D eigenvalue weighted by Gasteiger charge is 2.16. The Balaban J connectivity index is 2.23. The van der Waals surface area contributed by atoms with E-state index in [-0.39, 0.29) is 5.95 Å². The number of nitrogens with two attached hydrogens (primary N) is 1. The highest BCUT2D eigenvalue weighted by molar-refractivity contribution is 7.99. The molecule has 4 nitrogen and oxygen atoms in total. The van der Waals surface area contributed by atoms with Crippen molar-refractivity contribution in [3.8, 4) is 5.69 Å². The standard InChI is InChI=1S/C13H9ClF2N4S/c14-7-5-8-11(18-6-7)20(13(17)19-8)9-3-1-2-4-10(9)21-12(15)16/h1-6,12H,(H2,17,19). The first-order valence-electron chi connectivity index (χ1n) is 5.90. The molecule has 0 saturated carbocycles. The van der Waals surface area contributed by atoms with Crippen LogP contribution >= 0.6 is 23.4 Å². The molecule has 3 rings (SSSR count). The molecule has 0 atom stereocenters. The fourth-order valence-electron chi connectivity index (χ4n) is 2.03.